The summed E-state index contributed by atoms with van der Waals surface area (Å²) >= 11 is 5.35. The molecule has 4 nitrogen and oxygen atoms in total. The Hall–Kier alpha value is 0.110. The van der Waals surface area contributed by atoms with Gasteiger partial charge in [0.05, 0.1) is 0 Å². The fourth-order valence-electron chi connectivity index (χ4n) is 0.725. The minimum atomic E-state index is -4.15. The Kier molecular flexibility index (Phi) is 5.76. The van der Waals surface area contributed by atoms with Crippen molar-refractivity contribution in [2.45, 2.75) is 19.3 Å². The predicted octanol–water partition coefficient (Wildman–Crippen LogP) is 1.14. The lowest BCUT2D eigenvalue weighted by Crippen LogP contribution is -2.04. The summed E-state index contributed by atoms with van der Waals surface area (Å²) in [6.07, 6.45) is 0.865. The van der Waals surface area contributed by atoms with Gasteiger partial charge >= 0.3 is 7.60 Å². The van der Waals surface area contributed by atoms with E-state index >= 15 is 0 Å². The Labute approximate surface area is 76.1 Å². The van der Waals surface area contributed by atoms with Crippen LogP contribution in [0, 0.1) is 0 Å². The van der Waals surface area contributed by atoms with Crippen LogP contribution in [0.5, 0.6) is 0 Å². The van der Waals surface area contributed by atoms with Crippen LogP contribution in [0.1, 0.15) is 19.3 Å². The smallest absolute Gasteiger partial charge is 0.324 e. The van der Waals surface area contributed by atoms with Gasteiger partial charge in [-0.1, -0.05) is 0 Å². The molecule has 6 heteroatoms. The second-order valence-corrected chi connectivity index (χ2v) is 4.53. The zero-order valence-electron chi connectivity index (χ0n) is 6.57. The molecule has 72 valence electrons. The average molecular weight is 215 g/mol. The zero-order valence-corrected chi connectivity index (χ0v) is 8.22. The van der Waals surface area contributed by atoms with Gasteiger partial charge in [0.25, 0.3) is 0 Å². The van der Waals surface area contributed by atoms with Crippen molar-refractivity contribution >= 4 is 25.0 Å². The van der Waals surface area contributed by atoms with Gasteiger partial charge in [-0.2, -0.15) is 0 Å². The van der Waals surface area contributed by atoms with Gasteiger partial charge in [0.1, 0.15) is 11.9 Å². The molecule has 0 aliphatic rings. The monoisotopic (exact) mass is 214 g/mol. The number of Topliss-reactive ketones (excluding diaryl/α,β-unsaturated/α-hetero) is 1. The molecule has 0 aliphatic carbocycles. The summed E-state index contributed by atoms with van der Waals surface area (Å²) in [5.41, 5.74) is 0. The highest BCUT2D eigenvalue weighted by molar-refractivity contribution is 7.52. The molecular formula is C6H12ClO4P. The highest BCUT2D eigenvalue weighted by atomic mass is 35.5. The Morgan fingerprint density at radius 3 is 2.33 bits per heavy atom. The molecule has 0 saturated heterocycles. The molecule has 0 aromatic rings. The van der Waals surface area contributed by atoms with E-state index in [1.807, 2.05) is 0 Å². The Balaban J connectivity index is 3.54. The van der Waals surface area contributed by atoms with Gasteiger partial charge in [-0.05, 0) is 12.8 Å². The molecule has 0 amide bonds. The van der Waals surface area contributed by atoms with Crippen LogP contribution in [0.15, 0.2) is 0 Å². The first-order chi connectivity index (χ1) is 5.45. The quantitative estimate of drug-likeness (QED) is 0.395. The molecule has 0 aliphatic heterocycles. The number of carbonyl (C=O) groups excluding carboxylic acids is 1. The van der Waals surface area contributed by atoms with Crippen LogP contribution in [0.25, 0.3) is 0 Å². The number of alkyl halides is 1. The van der Waals surface area contributed by atoms with Crippen LogP contribution >= 0.6 is 19.2 Å². The van der Waals surface area contributed by atoms with Gasteiger partial charge in [0.15, 0.2) is 0 Å². The molecule has 12 heavy (non-hydrogen) atoms. The van der Waals surface area contributed by atoms with E-state index in [1.165, 1.54) is 0 Å². The maximum absolute atomic E-state index is 10.8. The minimum absolute atomic E-state index is 0.206. The van der Waals surface area contributed by atoms with Gasteiger partial charge in [-0.3, -0.25) is 9.36 Å². The second-order valence-electron chi connectivity index (χ2n) is 2.51. The molecule has 0 aromatic carbocycles. The third-order valence-electron chi connectivity index (χ3n) is 1.22. The lowest BCUT2D eigenvalue weighted by Gasteiger charge is -2.01. The van der Waals surface area contributed by atoms with Crippen molar-refractivity contribution in [1.29, 1.82) is 0 Å². The standard InChI is InChI=1S/C6H12ClO4P/c7-4-2-1-3-6(8)5-12(9,10)11/h1-5H2,(H2,9,10,11). The van der Waals surface area contributed by atoms with Crippen molar-refractivity contribution in [3.8, 4) is 0 Å². The summed E-state index contributed by atoms with van der Waals surface area (Å²) in [5.74, 6) is 0.0804. The van der Waals surface area contributed by atoms with E-state index in [9.17, 15) is 9.36 Å². The molecule has 0 heterocycles. The molecule has 0 rings (SSSR count). The van der Waals surface area contributed by atoms with Gasteiger partial charge in [-0.25, -0.2) is 0 Å². The summed E-state index contributed by atoms with van der Waals surface area (Å²) < 4.78 is 10.3. The zero-order chi connectivity index (χ0) is 9.61. The van der Waals surface area contributed by atoms with Crippen LogP contribution in [-0.4, -0.2) is 27.6 Å². The fraction of sp³-hybridized carbons (Fsp3) is 0.833. The lowest BCUT2D eigenvalue weighted by molar-refractivity contribution is -0.116. The first-order valence-electron chi connectivity index (χ1n) is 3.58. The summed E-state index contributed by atoms with van der Waals surface area (Å²) in [4.78, 5) is 27.6. The van der Waals surface area contributed by atoms with Gasteiger partial charge in [0.2, 0.25) is 0 Å². The predicted molar refractivity (Wildman–Crippen MR) is 46.5 cm³/mol. The van der Waals surface area contributed by atoms with Crippen LogP contribution in [-0.2, 0) is 9.36 Å². The summed E-state index contributed by atoms with van der Waals surface area (Å²) in [6.45, 7) is 0. The number of unbranched alkanes of at least 4 members (excludes halogenated alkanes) is 1. The average Bonchev–Trinajstić information content (AvgIpc) is 1.84. The number of ketones is 1. The van der Waals surface area contributed by atoms with Crippen LogP contribution < -0.4 is 0 Å². The molecule has 0 spiro atoms. The van der Waals surface area contributed by atoms with Gasteiger partial charge < -0.3 is 9.79 Å². The number of hydrogen-bond donors (Lipinski definition) is 2. The Bertz CT molecular complexity index is 188. The van der Waals surface area contributed by atoms with Gasteiger partial charge in [0, 0.05) is 12.3 Å². The number of hydrogen-bond acceptors (Lipinski definition) is 2. The molecule has 0 unspecified atom stereocenters. The maximum atomic E-state index is 10.8. The van der Waals surface area contributed by atoms with Crippen molar-refractivity contribution in [2.75, 3.05) is 12.0 Å². The van der Waals surface area contributed by atoms with E-state index in [0.29, 0.717) is 18.7 Å². The van der Waals surface area contributed by atoms with Crippen molar-refractivity contribution < 1.29 is 19.1 Å². The normalized spacial score (nSPS) is 11.6. The van der Waals surface area contributed by atoms with Crippen LogP contribution in [0.4, 0.5) is 0 Å². The van der Waals surface area contributed by atoms with Crippen LogP contribution in [0.2, 0.25) is 0 Å². The largest absolute Gasteiger partial charge is 0.332 e. The molecule has 0 radical (unpaired) electrons. The lowest BCUT2D eigenvalue weighted by atomic mass is 10.2. The molecule has 0 atom stereocenters. The van der Waals surface area contributed by atoms with Crippen molar-refractivity contribution in [1.82, 2.24) is 0 Å². The van der Waals surface area contributed by atoms with Crippen molar-refractivity contribution in [3.05, 3.63) is 0 Å². The van der Waals surface area contributed by atoms with Crippen molar-refractivity contribution in [2.24, 2.45) is 0 Å². The molecule has 0 bridgehead atoms. The second kappa shape index (κ2) is 5.70. The minimum Gasteiger partial charge on any atom is -0.324 e. The van der Waals surface area contributed by atoms with Gasteiger partial charge in [-0.15, -0.1) is 11.6 Å². The fourth-order valence-corrected chi connectivity index (χ4v) is 1.53. The van der Waals surface area contributed by atoms with Crippen molar-refractivity contribution in [3.63, 3.8) is 0 Å². The van der Waals surface area contributed by atoms with E-state index in [1.54, 1.807) is 0 Å². The topological polar surface area (TPSA) is 74.6 Å². The molecule has 0 saturated carbocycles. The van der Waals surface area contributed by atoms with E-state index in [0.717, 1.165) is 0 Å². The van der Waals surface area contributed by atoms with E-state index < -0.39 is 19.5 Å². The summed E-state index contributed by atoms with van der Waals surface area (Å²) in [7, 11) is -4.15. The number of rotatable bonds is 6. The third-order valence-corrected chi connectivity index (χ3v) is 2.25. The van der Waals surface area contributed by atoms with E-state index in [2.05, 4.69) is 0 Å². The maximum Gasteiger partial charge on any atom is 0.332 e. The molecular weight excluding hydrogens is 202 g/mol. The first kappa shape index (κ1) is 12.1. The SMILES string of the molecule is O=C(CCCCCl)CP(=O)(O)O. The Morgan fingerprint density at radius 1 is 1.33 bits per heavy atom. The van der Waals surface area contributed by atoms with E-state index in [4.69, 9.17) is 21.4 Å². The third kappa shape index (κ3) is 8.21. The van der Waals surface area contributed by atoms with E-state index in [-0.39, 0.29) is 6.42 Å². The summed E-state index contributed by atoms with van der Waals surface area (Å²) in [5, 5.41) is 0. The molecule has 0 fully saturated rings. The summed E-state index contributed by atoms with van der Waals surface area (Å²) in [6, 6.07) is 0. The van der Waals surface area contributed by atoms with Crippen LogP contribution in [0.3, 0.4) is 0 Å². The number of halogens is 1. The number of carbonyl (C=O) groups is 1. The highest BCUT2D eigenvalue weighted by Crippen LogP contribution is 2.34. The highest BCUT2D eigenvalue weighted by Gasteiger charge is 2.17. The Morgan fingerprint density at radius 2 is 1.92 bits per heavy atom. The molecule has 2 N–H and O–H groups in total. The first-order valence-corrected chi connectivity index (χ1v) is 5.91. The molecule has 0 aromatic heterocycles.